The fraction of sp³-hybridized carbons (Fsp3) is 0.111. The minimum Gasteiger partial charge on any atom is -0.383 e. The van der Waals surface area contributed by atoms with Gasteiger partial charge in [0.2, 0.25) is 0 Å². The fourth-order valence-corrected chi connectivity index (χ4v) is 1.96. The van der Waals surface area contributed by atoms with E-state index < -0.39 is 0 Å². The van der Waals surface area contributed by atoms with E-state index in [9.17, 15) is 0 Å². The Morgan fingerprint density at radius 2 is 2.29 bits per heavy atom. The van der Waals surface area contributed by atoms with Gasteiger partial charge in [0.25, 0.3) is 0 Å². The van der Waals surface area contributed by atoms with E-state index in [1.807, 2.05) is 11.4 Å². The highest BCUT2D eigenvalue weighted by Gasteiger charge is 2.04. The monoisotopic (exact) mass is 225 g/mol. The van der Waals surface area contributed by atoms with Crippen molar-refractivity contribution >= 4 is 28.8 Å². The Labute approximate surface area is 90.6 Å². The van der Waals surface area contributed by atoms with Crippen LogP contribution in [0.3, 0.4) is 0 Å². The zero-order valence-electron chi connectivity index (χ0n) is 7.27. The molecule has 0 atom stereocenters. The number of aromatic nitrogens is 2. The van der Waals surface area contributed by atoms with Gasteiger partial charge < -0.3 is 5.73 Å². The molecule has 3 nitrogen and oxygen atoms in total. The molecule has 2 aromatic rings. The van der Waals surface area contributed by atoms with Crippen LogP contribution in [0.15, 0.2) is 23.8 Å². The van der Waals surface area contributed by atoms with Gasteiger partial charge in [-0.1, -0.05) is 11.6 Å². The zero-order chi connectivity index (χ0) is 9.97. The van der Waals surface area contributed by atoms with E-state index in [2.05, 4.69) is 9.97 Å². The molecule has 0 fully saturated rings. The molecule has 0 radical (unpaired) electrons. The van der Waals surface area contributed by atoms with Crippen LogP contribution in [0, 0.1) is 0 Å². The van der Waals surface area contributed by atoms with Crippen molar-refractivity contribution in [1.29, 1.82) is 0 Å². The number of nitrogen functional groups attached to an aromatic ring is 1. The first-order chi connectivity index (χ1) is 6.75. The second-order valence-electron chi connectivity index (χ2n) is 2.80. The summed E-state index contributed by atoms with van der Waals surface area (Å²) in [6.07, 6.45) is 4.01. The lowest BCUT2D eigenvalue weighted by Crippen LogP contribution is -1.98. The van der Waals surface area contributed by atoms with Crippen LogP contribution in [0.5, 0.6) is 0 Å². The molecule has 2 N–H and O–H groups in total. The second-order valence-corrected chi connectivity index (χ2v) is 4.22. The van der Waals surface area contributed by atoms with Crippen molar-refractivity contribution in [3.8, 4) is 0 Å². The molecule has 0 amide bonds. The normalized spacial score (nSPS) is 10.4. The molecule has 0 saturated heterocycles. The molecule has 0 aliphatic carbocycles. The number of nitrogens with two attached hydrogens (primary N) is 1. The molecule has 2 heterocycles. The van der Waals surface area contributed by atoms with Gasteiger partial charge in [-0.15, -0.1) is 11.3 Å². The third kappa shape index (κ3) is 2.02. The average Bonchev–Trinajstić information content (AvgIpc) is 2.64. The molecule has 0 saturated carbocycles. The molecule has 2 rings (SSSR count). The first-order valence-corrected chi connectivity index (χ1v) is 5.30. The van der Waals surface area contributed by atoms with E-state index in [-0.39, 0.29) is 0 Å². The standard InChI is InChI=1S/C9H8ClN3S/c10-7-3-6(9(11)13-5-7)4-8-12-1-2-14-8/h1-3,5H,4H2,(H2,11,13). The van der Waals surface area contributed by atoms with Crippen LogP contribution in [0.2, 0.25) is 5.02 Å². The van der Waals surface area contributed by atoms with E-state index >= 15 is 0 Å². The summed E-state index contributed by atoms with van der Waals surface area (Å²) >= 11 is 7.42. The molecule has 0 spiro atoms. The molecule has 0 aliphatic heterocycles. The number of rotatable bonds is 2. The third-order valence-electron chi connectivity index (χ3n) is 1.79. The van der Waals surface area contributed by atoms with Crippen molar-refractivity contribution in [3.05, 3.63) is 39.4 Å². The number of thiazole rings is 1. The quantitative estimate of drug-likeness (QED) is 0.854. The minimum absolute atomic E-state index is 0.518. The summed E-state index contributed by atoms with van der Waals surface area (Å²) in [5.41, 5.74) is 6.64. The van der Waals surface area contributed by atoms with E-state index in [1.54, 1.807) is 23.7 Å². The van der Waals surface area contributed by atoms with E-state index in [4.69, 9.17) is 17.3 Å². The summed E-state index contributed by atoms with van der Waals surface area (Å²) in [4.78, 5) is 8.16. The Balaban J connectivity index is 2.28. The van der Waals surface area contributed by atoms with Gasteiger partial charge in [0.05, 0.1) is 10.0 Å². The average molecular weight is 226 g/mol. The summed E-state index contributed by atoms with van der Waals surface area (Å²) < 4.78 is 0. The first kappa shape index (κ1) is 9.43. The van der Waals surface area contributed by atoms with Crippen LogP contribution in [0.25, 0.3) is 0 Å². The maximum atomic E-state index is 5.82. The van der Waals surface area contributed by atoms with Crippen LogP contribution in [0.4, 0.5) is 5.82 Å². The van der Waals surface area contributed by atoms with Crippen molar-refractivity contribution in [2.24, 2.45) is 0 Å². The van der Waals surface area contributed by atoms with Crippen LogP contribution in [0.1, 0.15) is 10.6 Å². The Hall–Kier alpha value is -1.13. The van der Waals surface area contributed by atoms with E-state index in [0.717, 1.165) is 10.6 Å². The lowest BCUT2D eigenvalue weighted by Gasteiger charge is -2.02. The maximum absolute atomic E-state index is 5.82. The zero-order valence-corrected chi connectivity index (χ0v) is 8.85. The summed E-state index contributed by atoms with van der Waals surface area (Å²) in [6, 6.07) is 1.82. The molecular formula is C9H8ClN3S. The molecule has 5 heteroatoms. The Kier molecular flexibility index (Phi) is 2.65. The highest BCUT2D eigenvalue weighted by atomic mass is 35.5. The van der Waals surface area contributed by atoms with Crippen LogP contribution in [-0.4, -0.2) is 9.97 Å². The molecule has 0 unspecified atom stereocenters. The Morgan fingerprint density at radius 3 is 3.00 bits per heavy atom. The van der Waals surface area contributed by atoms with Crippen molar-refractivity contribution in [3.63, 3.8) is 0 Å². The van der Waals surface area contributed by atoms with Gasteiger partial charge in [-0.05, 0) is 6.07 Å². The molecule has 14 heavy (non-hydrogen) atoms. The fourth-order valence-electron chi connectivity index (χ4n) is 1.14. The number of hydrogen-bond donors (Lipinski definition) is 1. The SMILES string of the molecule is Nc1ncc(Cl)cc1Cc1nccs1. The van der Waals surface area contributed by atoms with Gasteiger partial charge in [-0.25, -0.2) is 9.97 Å². The molecule has 72 valence electrons. The van der Waals surface area contributed by atoms with E-state index in [1.165, 1.54) is 0 Å². The topological polar surface area (TPSA) is 51.8 Å². The number of nitrogens with zero attached hydrogens (tertiary/aromatic N) is 2. The van der Waals surface area contributed by atoms with Crippen LogP contribution < -0.4 is 5.73 Å². The van der Waals surface area contributed by atoms with Crippen molar-refractivity contribution < 1.29 is 0 Å². The van der Waals surface area contributed by atoms with E-state index in [0.29, 0.717) is 17.3 Å². The van der Waals surface area contributed by atoms with Gasteiger partial charge in [0, 0.05) is 29.8 Å². The van der Waals surface area contributed by atoms with Crippen molar-refractivity contribution in [2.45, 2.75) is 6.42 Å². The Bertz CT molecular complexity index is 428. The largest absolute Gasteiger partial charge is 0.383 e. The Morgan fingerprint density at radius 1 is 1.43 bits per heavy atom. The van der Waals surface area contributed by atoms with Gasteiger partial charge in [0.1, 0.15) is 5.82 Å². The van der Waals surface area contributed by atoms with Crippen molar-refractivity contribution in [2.75, 3.05) is 5.73 Å². The molecule has 0 aromatic carbocycles. The van der Waals surface area contributed by atoms with Gasteiger partial charge in [-0.2, -0.15) is 0 Å². The smallest absolute Gasteiger partial charge is 0.127 e. The minimum atomic E-state index is 0.518. The lowest BCUT2D eigenvalue weighted by atomic mass is 10.2. The maximum Gasteiger partial charge on any atom is 0.127 e. The molecule has 0 aliphatic rings. The van der Waals surface area contributed by atoms with Crippen LogP contribution >= 0.6 is 22.9 Å². The summed E-state index contributed by atoms with van der Waals surface area (Å²) in [7, 11) is 0. The number of hydrogen-bond acceptors (Lipinski definition) is 4. The number of pyridine rings is 1. The number of anilines is 1. The first-order valence-electron chi connectivity index (χ1n) is 4.04. The van der Waals surface area contributed by atoms with Gasteiger partial charge >= 0.3 is 0 Å². The third-order valence-corrected chi connectivity index (χ3v) is 2.78. The summed E-state index contributed by atoms with van der Waals surface area (Å²) in [5, 5.41) is 3.55. The lowest BCUT2D eigenvalue weighted by molar-refractivity contribution is 1.12. The summed E-state index contributed by atoms with van der Waals surface area (Å²) in [5.74, 6) is 0.518. The second kappa shape index (κ2) is 3.94. The molecule has 2 aromatic heterocycles. The molecule has 0 bridgehead atoms. The predicted molar refractivity (Wildman–Crippen MR) is 58.6 cm³/mol. The highest BCUT2D eigenvalue weighted by Crippen LogP contribution is 2.19. The summed E-state index contributed by atoms with van der Waals surface area (Å²) in [6.45, 7) is 0. The van der Waals surface area contributed by atoms with Crippen LogP contribution in [-0.2, 0) is 6.42 Å². The van der Waals surface area contributed by atoms with Gasteiger partial charge in [-0.3, -0.25) is 0 Å². The predicted octanol–water partition coefficient (Wildman–Crippen LogP) is 2.36. The highest BCUT2D eigenvalue weighted by molar-refractivity contribution is 7.09. The number of halogens is 1. The van der Waals surface area contributed by atoms with Crippen molar-refractivity contribution in [1.82, 2.24) is 9.97 Å². The van der Waals surface area contributed by atoms with Gasteiger partial charge in [0.15, 0.2) is 0 Å². The molecular weight excluding hydrogens is 218 g/mol.